The highest BCUT2D eigenvalue weighted by atomic mass is 32.1. The fourth-order valence-corrected chi connectivity index (χ4v) is 17.1. The Labute approximate surface area is 589 Å². The van der Waals surface area contributed by atoms with E-state index in [1.807, 2.05) is 11.3 Å². The van der Waals surface area contributed by atoms with Crippen LogP contribution in [0.5, 0.6) is 0 Å². The number of nitrogens with zero attached hydrogens (tertiary/aromatic N) is 5. The van der Waals surface area contributed by atoms with Crippen LogP contribution in [0.25, 0.3) is 58.8 Å². The molecule has 0 spiro atoms. The first-order valence-corrected chi connectivity index (χ1v) is 36.2. The first-order chi connectivity index (χ1) is 47.3. The van der Waals surface area contributed by atoms with Crippen LogP contribution in [0.3, 0.4) is 0 Å². The van der Waals surface area contributed by atoms with Gasteiger partial charge in [0.05, 0.1) is 33.8 Å². The number of hydrogen-bond acceptors (Lipinski definition) is 5. The van der Waals surface area contributed by atoms with E-state index in [9.17, 15) is 0 Å². The van der Waals surface area contributed by atoms with Crippen LogP contribution in [0.4, 0.5) is 68.2 Å². The summed E-state index contributed by atoms with van der Waals surface area (Å²) in [4.78, 5) is 10.3. The zero-order valence-electron chi connectivity index (χ0n) is 59.9. The van der Waals surface area contributed by atoms with Crippen molar-refractivity contribution in [3.05, 3.63) is 277 Å². The van der Waals surface area contributed by atoms with E-state index in [4.69, 9.17) is 0 Å². The lowest BCUT2D eigenvalue weighted by atomic mass is 9.33. The number of thiophene rings is 1. The zero-order valence-corrected chi connectivity index (χ0v) is 60.7. The summed E-state index contributed by atoms with van der Waals surface area (Å²) in [7, 11) is 0. The van der Waals surface area contributed by atoms with Crippen LogP contribution < -0.4 is 36.0 Å². The molecule has 0 fully saturated rings. The molecule has 0 amide bonds. The summed E-state index contributed by atoms with van der Waals surface area (Å²) in [5.74, 6) is 0. The summed E-state index contributed by atoms with van der Waals surface area (Å²) in [6.45, 7) is 35.0. The molecule has 17 rings (SSSR count). The molecule has 0 unspecified atom stereocenters. The fourth-order valence-electron chi connectivity index (χ4n) is 16.0. The number of para-hydroxylation sites is 2. The maximum Gasteiger partial charge on any atom is 0.252 e. The second-order valence-electron chi connectivity index (χ2n) is 33.1. The maximum absolute atomic E-state index is 2.72. The molecule has 0 N–H and O–H groups in total. The van der Waals surface area contributed by atoms with Crippen molar-refractivity contribution in [2.24, 2.45) is 0 Å². The molecule has 0 saturated carbocycles. The van der Waals surface area contributed by atoms with E-state index in [-0.39, 0.29) is 33.8 Å². The normalized spacial score (nSPS) is 13.5. The highest BCUT2D eigenvalue weighted by molar-refractivity contribution is 7.26. The second kappa shape index (κ2) is 22.2. The van der Waals surface area contributed by atoms with Crippen molar-refractivity contribution in [3.63, 3.8) is 0 Å². The molecule has 99 heavy (non-hydrogen) atoms. The predicted molar refractivity (Wildman–Crippen MR) is 430 cm³/mol. The van der Waals surface area contributed by atoms with Gasteiger partial charge in [0, 0.05) is 82.1 Å². The Kier molecular flexibility index (Phi) is 14.0. The van der Waals surface area contributed by atoms with E-state index in [0.717, 1.165) is 51.2 Å². The number of hydrogen-bond donors (Lipinski definition) is 0. The molecule has 5 nitrogen and oxygen atoms in total. The molecular weight excluding hydrogens is 1220 g/mol. The quantitative estimate of drug-likeness (QED) is 0.141. The van der Waals surface area contributed by atoms with Crippen molar-refractivity contribution in [1.29, 1.82) is 0 Å². The topological polar surface area (TPSA) is 17.9 Å². The van der Waals surface area contributed by atoms with Crippen molar-refractivity contribution in [1.82, 2.24) is 4.57 Å². The van der Waals surface area contributed by atoms with Crippen molar-refractivity contribution < 1.29 is 0 Å². The molecule has 14 aromatic rings. The lowest BCUT2D eigenvalue weighted by molar-refractivity contribution is 0.590. The molecule has 0 bridgehead atoms. The van der Waals surface area contributed by atoms with Crippen molar-refractivity contribution in [3.8, 4) is 16.8 Å². The van der Waals surface area contributed by atoms with Gasteiger partial charge >= 0.3 is 0 Å². The fraction of sp³-hybridized carbons (Fsp3) is 0.217. The number of fused-ring (bicyclic) bond motifs is 12. The van der Waals surface area contributed by atoms with Gasteiger partial charge in [-0.2, -0.15) is 0 Å². The van der Waals surface area contributed by atoms with E-state index in [1.165, 1.54) is 120 Å². The number of anilines is 12. The van der Waals surface area contributed by atoms with Crippen LogP contribution in [0, 0.1) is 0 Å². The monoisotopic (exact) mass is 1300 g/mol. The van der Waals surface area contributed by atoms with Crippen molar-refractivity contribution >= 4 is 145 Å². The van der Waals surface area contributed by atoms with Crippen molar-refractivity contribution in [2.45, 2.75) is 131 Å². The molecule has 2 aromatic heterocycles. The highest BCUT2D eigenvalue weighted by Gasteiger charge is 2.48. The first kappa shape index (κ1) is 62.4. The number of aromatic nitrogens is 1. The largest absolute Gasteiger partial charge is 0.311 e. The number of benzene rings is 12. The van der Waals surface area contributed by atoms with Gasteiger partial charge in [0.2, 0.25) is 0 Å². The Balaban J connectivity index is 1.01. The Bertz CT molecular complexity index is 5470. The molecule has 0 aliphatic carbocycles. The molecule has 488 valence electrons. The summed E-state index contributed by atoms with van der Waals surface area (Å²) >= 11 is 1.88. The Morgan fingerprint density at radius 2 is 0.818 bits per heavy atom. The van der Waals surface area contributed by atoms with Crippen LogP contribution in [0.1, 0.15) is 132 Å². The van der Waals surface area contributed by atoms with Gasteiger partial charge in [-0.25, -0.2) is 0 Å². The summed E-state index contributed by atoms with van der Waals surface area (Å²) in [6, 6.07) is 95.9. The van der Waals surface area contributed by atoms with Gasteiger partial charge in [0.15, 0.2) is 0 Å². The van der Waals surface area contributed by atoms with Gasteiger partial charge in [-0.3, -0.25) is 0 Å². The van der Waals surface area contributed by atoms with Crippen LogP contribution in [-0.2, 0) is 27.1 Å². The smallest absolute Gasteiger partial charge is 0.252 e. The average molecular weight is 1300 g/mol. The zero-order chi connectivity index (χ0) is 68.6. The van der Waals surface area contributed by atoms with Gasteiger partial charge in [-0.05, 0) is 210 Å². The van der Waals surface area contributed by atoms with Gasteiger partial charge in [0.25, 0.3) is 6.71 Å². The predicted octanol–water partition coefficient (Wildman–Crippen LogP) is 24.6. The van der Waals surface area contributed by atoms with Crippen LogP contribution in [-0.4, -0.2) is 11.3 Å². The lowest BCUT2D eigenvalue weighted by Crippen LogP contribution is -2.62. The third-order valence-corrected chi connectivity index (χ3v) is 22.5. The Morgan fingerprint density at radius 1 is 0.323 bits per heavy atom. The Hall–Kier alpha value is -10.1. The molecule has 0 saturated heterocycles. The molecule has 3 aliphatic rings. The van der Waals surface area contributed by atoms with E-state index in [2.05, 4.69) is 377 Å². The summed E-state index contributed by atoms with van der Waals surface area (Å²) < 4.78 is 5.26. The summed E-state index contributed by atoms with van der Waals surface area (Å²) in [6.07, 6.45) is 0. The van der Waals surface area contributed by atoms with Crippen LogP contribution in [0.2, 0.25) is 0 Å². The average Bonchev–Trinajstić information content (AvgIpc) is 1.66. The maximum atomic E-state index is 2.72. The SMILES string of the molecule is CC(C)(C)c1ccc(N(c2ccc(C(C)(C)C)cc2)c2ccc3c(c2)N(c2ccc(-c4cccc5sc6ccccc6c45)cc2)c2cc(N(c4ccccc4)c4ccccc4)cc4c2B3c2cc(C(C)(C)C)cc3c2N4c2cc(C(C)(C)C)cc4c5cc(C(C)(C)C)ccc5n-3c24)cc1. The molecule has 0 radical (unpaired) electrons. The lowest BCUT2D eigenvalue weighted by Gasteiger charge is -2.47. The van der Waals surface area contributed by atoms with E-state index in [0.29, 0.717) is 0 Å². The van der Waals surface area contributed by atoms with Gasteiger partial charge in [-0.15, -0.1) is 11.3 Å². The summed E-state index contributed by atoms with van der Waals surface area (Å²) in [5.41, 5.74) is 29.5. The van der Waals surface area contributed by atoms with Crippen molar-refractivity contribution in [2.75, 3.05) is 19.6 Å². The minimum absolute atomic E-state index is 0.0163. The van der Waals surface area contributed by atoms with E-state index in [1.54, 1.807) is 0 Å². The second-order valence-corrected chi connectivity index (χ2v) is 34.2. The molecular formula is C92H86BN5S. The van der Waals surface area contributed by atoms with Crippen LogP contribution in [0.15, 0.2) is 249 Å². The standard InChI is InChI=1S/C92H86BN5S/c1-88(2,3)58-35-42-65(43-36-58)94(66-44-37-59(38-45-66)89(4,5)6)68-46-47-74-77(54-68)96(67-40-33-57(34-41-67)70-30-24-32-83-84(70)71-29-22-23-31-82(71)99-83)78-55-69(95(63-25-18-16-19-26-63)64-27-20-17-21-28-64)56-79-85(78)93(74)75-51-62(92(13,14)15)53-81-87(75)98(79)80-52-61(91(10,11)12)50-73-72-49-60(90(7,8)9)39-48-76(72)97(81)86(73)80/h16-56H,1-15H3. The Morgan fingerprint density at radius 3 is 1.42 bits per heavy atom. The van der Waals surface area contributed by atoms with Crippen LogP contribution >= 0.6 is 11.3 Å². The molecule has 5 heterocycles. The van der Waals surface area contributed by atoms with Gasteiger partial charge in [0.1, 0.15) is 0 Å². The van der Waals surface area contributed by atoms with E-state index < -0.39 is 0 Å². The number of rotatable bonds is 8. The minimum Gasteiger partial charge on any atom is -0.311 e. The molecule has 12 aromatic carbocycles. The third-order valence-electron chi connectivity index (χ3n) is 21.4. The molecule has 7 heteroatoms. The molecule has 0 atom stereocenters. The minimum atomic E-state index is -0.201. The van der Waals surface area contributed by atoms with E-state index >= 15 is 0 Å². The van der Waals surface area contributed by atoms with Gasteiger partial charge < -0.3 is 24.2 Å². The summed E-state index contributed by atoms with van der Waals surface area (Å²) in [5, 5.41) is 5.18. The highest BCUT2D eigenvalue weighted by Crippen LogP contribution is 2.57. The molecule has 3 aliphatic heterocycles. The van der Waals surface area contributed by atoms with Gasteiger partial charge in [-0.1, -0.05) is 225 Å². The third kappa shape index (κ3) is 10.1. The first-order valence-electron chi connectivity index (χ1n) is 35.4.